The van der Waals surface area contributed by atoms with Gasteiger partial charge in [0.05, 0.1) is 11.7 Å². The van der Waals surface area contributed by atoms with E-state index in [1.54, 1.807) is 0 Å². The van der Waals surface area contributed by atoms with Crippen LogP contribution in [-0.4, -0.2) is 23.3 Å². The molecule has 0 aromatic heterocycles. The standard InChI is InChI=1S/C8H10BrN3/c1-5-3-12-4-6(9)2-7(10)8(12)11-5/h2,4-5H,3,10H2,1H3. The quantitative estimate of drug-likeness (QED) is 0.676. The van der Waals surface area contributed by atoms with Crippen LogP contribution in [0.25, 0.3) is 0 Å². The van der Waals surface area contributed by atoms with Gasteiger partial charge in [-0.15, -0.1) is 0 Å². The topological polar surface area (TPSA) is 41.6 Å². The summed E-state index contributed by atoms with van der Waals surface area (Å²) in [6.07, 6.45) is 3.89. The maximum Gasteiger partial charge on any atom is 0.151 e. The van der Waals surface area contributed by atoms with Gasteiger partial charge in [-0.1, -0.05) is 0 Å². The van der Waals surface area contributed by atoms with Crippen LogP contribution in [0.2, 0.25) is 0 Å². The van der Waals surface area contributed by atoms with E-state index >= 15 is 0 Å². The first-order valence-corrected chi connectivity index (χ1v) is 4.65. The van der Waals surface area contributed by atoms with Crippen molar-refractivity contribution in [3.05, 3.63) is 22.5 Å². The Morgan fingerprint density at radius 3 is 3.25 bits per heavy atom. The van der Waals surface area contributed by atoms with E-state index in [1.807, 2.05) is 12.3 Å². The first kappa shape index (κ1) is 7.86. The number of fused-ring (bicyclic) bond motifs is 1. The molecule has 1 atom stereocenters. The van der Waals surface area contributed by atoms with E-state index < -0.39 is 0 Å². The normalized spacial score (nSPS) is 27.7. The van der Waals surface area contributed by atoms with Crippen LogP contribution in [0.4, 0.5) is 0 Å². The van der Waals surface area contributed by atoms with Crippen molar-refractivity contribution in [1.82, 2.24) is 4.90 Å². The predicted molar refractivity (Wildman–Crippen MR) is 52.9 cm³/mol. The van der Waals surface area contributed by atoms with Gasteiger partial charge in [-0.3, -0.25) is 4.99 Å². The first-order valence-electron chi connectivity index (χ1n) is 3.86. The molecule has 4 heteroatoms. The van der Waals surface area contributed by atoms with Gasteiger partial charge in [0.2, 0.25) is 0 Å². The molecule has 1 unspecified atom stereocenters. The Morgan fingerprint density at radius 2 is 2.50 bits per heavy atom. The highest BCUT2D eigenvalue weighted by Gasteiger charge is 2.24. The van der Waals surface area contributed by atoms with Crippen molar-refractivity contribution in [2.45, 2.75) is 13.0 Å². The largest absolute Gasteiger partial charge is 0.396 e. The van der Waals surface area contributed by atoms with Gasteiger partial charge in [0.15, 0.2) is 5.84 Å². The number of hydrogen-bond acceptors (Lipinski definition) is 3. The van der Waals surface area contributed by atoms with Crippen molar-refractivity contribution >= 4 is 21.8 Å². The third-order valence-corrected chi connectivity index (χ3v) is 2.34. The molecule has 0 radical (unpaired) electrons. The van der Waals surface area contributed by atoms with Gasteiger partial charge in [-0.05, 0) is 28.9 Å². The molecule has 2 heterocycles. The fourth-order valence-electron chi connectivity index (χ4n) is 1.45. The molecule has 2 N–H and O–H groups in total. The Bertz CT molecular complexity index is 303. The number of amidine groups is 1. The number of hydrogen-bond donors (Lipinski definition) is 1. The Balaban J connectivity index is 2.38. The minimum Gasteiger partial charge on any atom is -0.396 e. The second-order valence-corrected chi connectivity index (χ2v) is 3.98. The molecule has 0 saturated carbocycles. The first-order chi connectivity index (χ1) is 5.66. The van der Waals surface area contributed by atoms with Crippen LogP contribution in [0.5, 0.6) is 0 Å². The van der Waals surface area contributed by atoms with Crippen LogP contribution in [0, 0.1) is 0 Å². The summed E-state index contributed by atoms with van der Waals surface area (Å²) in [5.41, 5.74) is 6.53. The molecule has 0 aromatic rings. The van der Waals surface area contributed by atoms with Gasteiger partial charge in [0, 0.05) is 17.2 Å². The van der Waals surface area contributed by atoms with Crippen LogP contribution in [0.15, 0.2) is 27.4 Å². The molecule has 2 aliphatic heterocycles. The van der Waals surface area contributed by atoms with E-state index in [0.29, 0.717) is 6.04 Å². The lowest BCUT2D eigenvalue weighted by Gasteiger charge is -2.19. The van der Waals surface area contributed by atoms with Crippen LogP contribution in [0.3, 0.4) is 0 Å². The van der Waals surface area contributed by atoms with E-state index in [1.165, 1.54) is 0 Å². The average molecular weight is 228 g/mol. The lowest BCUT2D eigenvalue weighted by atomic mass is 10.3. The van der Waals surface area contributed by atoms with E-state index in [9.17, 15) is 0 Å². The molecule has 2 rings (SSSR count). The molecule has 0 saturated heterocycles. The van der Waals surface area contributed by atoms with E-state index in [0.717, 1.165) is 22.6 Å². The van der Waals surface area contributed by atoms with Gasteiger partial charge < -0.3 is 10.6 Å². The van der Waals surface area contributed by atoms with E-state index in [-0.39, 0.29) is 0 Å². The molecular weight excluding hydrogens is 218 g/mol. The van der Waals surface area contributed by atoms with E-state index in [4.69, 9.17) is 5.73 Å². The van der Waals surface area contributed by atoms with Crippen LogP contribution >= 0.6 is 15.9 Å². The number of allylic oxidation sites excluding steroid dienone is 2. The summed E-state index contributed by atoms with van der Waals surface area (Å²) in [7, 11) is 0. The summed E-state index contributed by atoms with van der Waals surface area (Å²) >= 11 is 3.39. The van der Waals surface area contributed by atoms with Crippen LogP contribution < -0.4 is 5.73 Å². The van der Waals surface area contributed by atoms with Crippen molar-refractivity contribution in [2.75, 3.05) is 6.54 Å². The molecule has 0 aromatic carbocycles. The van der Waals surface area contributed by atoms with Crippen LogP contribution in [0.1, 0.15) is 6.92 Å². The highest BCUT2D eigenvalue weighted by molar-refractivity contribution is 9.11. The maximum atomic E-state index is 5.79. The second-order valence-electron chi connectivity index (χ2n) is 3.07. The number of nitrogens with two attached hydrogens (primary N) is 1. The SMILES string of the molecule is CC1CN2C=C(Br)C=C(N)C2=N1. The Morgan fingerprint density at radius 1 is 1.75 bits per heavy atom. The minimum atomic E-state index is 0.349. The summed E-state index contributed by atoms with van der Waals surface area (Å²) in [4.78, 5) is 6.48. The molecule has 64 valence electrons. The number of rotatable bonds is 0. The highest BCUT2D eigenvalue weighted by Crippen LogP contribution is 2.22. The molecule has 12 heavy (non-hydrogen) atoms. The Hall–Kier alpha value is -0.770. The molecule has 0 spiro atoms. The smallest absolute Gasteiger partial charge is 0.151 e. The zero-order valence-electron chi connectivity index (χ0n) is 6.79. The Labute approximate surface area is 79.8 Å². The summed E-state index contributed by atoms with van der Waals surface area (Å²) in [6, 6.07) is 0.349. The fourth-order valence-corrected chi connectivity index (χ4v) is 1.94. The van der Waals surface area contributed by atoms with Crippen molar-refractivity contribution in [3.63, 3.8) is 0 Å². The lowest BCUT2D eigenvalue weighted by Crippen LogP contribution is -2.30. The number of aliphatic imine (C=N–C) groups is 1. The number of nitrogens with zero attached hydrogens (tertiary/aromatic N) is 2. The summed E-state index contributed by atoms with van der Waals surface area (Å²) in [5.74, 6) is 0.908. The van der Waals surface area contributed by atoms with Crippen molar-refractivity contribution in [3.8, 4) is 0 Å². The second kappa shape index (κ2) is 2.62. The zero-order valence-corrected chi connectivity index (χ0v) is 8.37. The van der Waals surface area contributed by atoms with Gasteiger partial charge >= 0.3 is 0 Å². The molecule has 0 fully saturated rings. The molecule has 0 bridgehead atoms. The molecule has 2 aliphatic rings. The number of halogens is 1. The molecule has 0 amide bonds. The van der Waals surface area contributed by atoms with E-state index in [2.05, 4.69) is 32.7 Å². The maximum absolute atomic E-state index is 5.79. The highest BCUT2D eigenvalue weighted by atomic mass is 79.9. The fraction of sp³-hybridized carbons (Fsp3) is 0.375. The van der Waals surface area contributed by atoms with Crippen LogP contribution in [-0.2, 0) is 0 Å². The summed E-state index contributed by atoms with van der Waals surface area (Å²) < 4.78 is 1.01. The van der Waals surface area contributed by atoms with Gasteiger partial charge in [-0.25, -0.2) is 0 Å². The molecule has 0 aliphatic carbocycles. The summed E-state index contributed by atoms with van der Waals surface area (Å²) in [6.45, 7) is 3.01. The predicted octanol–water partition coefficient (Wildman–Crippen LogP) is 1.18. The van der Waals surface area contributed by atoms with Crippen molar-refractivity contribution in [2.24, 2.45) is 10.7 Å². The summed E-state index contributed by atoms with van der Waals surface area (Å²) in [5, 5.41) is 0. The van der Waals surface area contributed by atoms with Crippen molar-refractivity contribution < 1.29 is 0 Å². The van der Waals surface area contributed by atoms with Crippen molar-refractivity contribution in [1.29, 1.82) is 0 Å². The lowest BCUT2D eigenvalue weighted by molar-refractivity contribution is 0.554. The molecule has 3 nitrogen and oxygen atoms in total. The monoisotopic (exact) mass is 227 g/mol. The minimum absolute atomic E-state index is 0.349. The third-order valence-electron chi connectivity index (χ3n) is 1.91. The third kappa shape index (κ3) is 1.16. The van der Waals surface area contributed by atoms with Gasteiger partial charge in [-0.2, -0.15) is 0 Å². The molecular formula is C8H10BrN3. The zero-order chi connectivity index (χ0) is 8.72. The van der Waals surface area contributed by atoms with Gasteiger partial charge in [0.1, 0.15) is 0 Å². The average Bonchev–Trinajstić information content (AvgIpc) is 2.29. The van der Waals surface area contributed by atoms with Gasteiger partial charge in [0.25, 0.3) is 0 Å². The Kier molecular flexibility index (Phi) is 1.72.